The molecule has 0 aromatic carbocycles. The fourth-order valence-electron chi connectivity index (χ4n) is 1.96. The van der Waals surface area contributed by atoms with E-state index in [0.717, 1.165) is 0 Å². The average molecular weight is 281 g/mol. The molecule has 0 amide bonds. The molecule has 1 saturated heterocycles. The van der Waals surface area contributed by atoms with Gasteiger partial charge in [0.15, 0.2) is 6.29 Å². The first-order valence-corrected chi connectivity index (χ1v) is 6.19. The minimum absolute atomic E-state index is 0.423. The molecule has 8 nitrogen and oxygen atoms in total. The van der Waals surface area contributed by atoms with E-state index in [1.807, 2.05) is 0 Å². The maximum absolute atomic E-state index is 9.94. The van der Waals surface area contributed by atoms with Crippen LogP contribution in [0.2, 0.25) is 0 Å². The highest BCUT2D eigenvalue weighted by atomic mass is 16.6. The van der Waals surface area contributed by atoms with Crippen LogP contribution in [0.25, 0.3) is 0 Å². The molecule has 0 spiro atoms. The third-order valence-corrected chi connectivity index (χ3v) is 3.29. The van der Waals surface area contributed by atoms with Crippen LogP contribution in [0.15, 0.2) is 0 Å². The van der Waals surface area contributed by atoms with Crippen molar-refractivity contribution < 1.29 is 35.0 Å². The molecule has 0 radical (unpaired) electrons. The molecule has 0 bridgehead atoms. The molecule has 0 aromatic rings. The summed E-state index contributed by atoms with van der Waals surface area (Å²) in [7, 11) is 0. The zero-order chi connectivity index (χ0) is 14.7. The Kier molecular flexibility index (Phi) is 6.09. The maximum Gasteiger partial charge on any atom is 0.183 e. The van der Waals surface area contributed by atoms with Crippen LogP contribution in [0.4, 0.5) is 0 Å². The van der Waals surface area contributed by atoms with E-state index < -0.39 is 55.6 Å². The molecule has 1 rings (SSSR count). The molecule has 8 atom stereocenters. The predicted molar refractivity (Wildman–Crippen MR) is 64.0 cm³/mol. The Morgan fingerprint density at radius 1 is 1.32 bits per heavy atom. The van der Waals surface area contributed by atoms with E-state index in [4.69, 9.17) is 25.4 Å². The SMILES string of the molecule is CC(O)C(O)C(O)OC1C(O)C(CO)O[C@@H](C)C1N. The van der Waals surface area contributed by atoms with E-state index in [0.29, 0.717) is 0 Å². The zero-order valence-electron chi connectivity index (χ0n) is 11.0. The van der Waals surface area contributed by atoms with Gasteiger partial charge in [0, 0.05) is 0 Å². The fourth-order valence-corrected chi connectivity index (χ4v) is 1.96. The van der Waals surface area contributed by atoms with Gasteiger partial charge < -0.3 is 40.7 Å². The van der Waals surface area contributed by atoms with Crippen molar-refractivity contribution in [2.24, 2.45) is 5.73 Å². The van der Waals surface area contributed by atoms with Gasteiger partial charge in [0.2, 0.25) is 0 Å². The van der Waals surface area contributed by atoms with E-state index in [1.54, 1.807) is 6.92 Å². The van der Waals surface area contributed by atoms with Gasteiger partial charge >= 0.3 is 0 Å². The first-order valence-electron chi connectivity index (χ1n) is 6.19. The van der Waals surface area contributed by atoms with Crippen LogP contribution in [-0.2, 0) is 9.47 Å². The Hall–Kier alpha value is -0.320. The second kappa shape index (κ2) is 6.91. The molecule has 0 aliphatic carbocycles. The third kappa shape index (κ3) is 3.83. The van der Waals surface area contributed by atoms with Gasteiger partial charge in [-0.05, 0) is 13.8 Å². The van der Waals surface area contributed by atoms with E-state index in [9.17, 15) is 15.3 Å². The minimum Gasteiger partial charge on any atom is -0.394 e. The molecule has 8 heteroatoms. The summed E-state index contributed by atoms with van der Waals surface area (Å²) in [6, 6.07) is -0.742. The third-order valence-electron chi connectivity index (χ3n) is 3.29. The first kappa shape index (κ1) is 16.7. The van der Waals surface area contributed by atoms with Crippen LogP contribution in [-0.4, -0.2) is 81.1 Å². The van der Waals surface area contributed by atoms with E-state index in [-0.39, 0.29) is 0 Å². The lowest BCUT2D eigenvalue weighted by Gasteiger charge is -2.42. The Balaban J connectivity index is 2.72. The number of aliphatic hydroxyl groups excluding tert-OH is 5. The quantitative estimate of drug-likeness (QED) is 0.291. The molecule has 1 aliphatic rings. The Morgan fingerprint density at radius 3 is 2.37 bits per heavy atom. The van der Waals surface area contributed by atoms with Crippen molar-refractivity contribution in [1.29, 1.82) is 0 Å². The van der Waals surface area contributed by atoms with Gasteiger partial charge in [-0.25, -0.2) is 0 Å². The van der Waals surface area contributed by atoms with Crippen LogP contribution in [0.5, 0.6) is 0 Å². The van der Waals surface area contributed by atoms with Gasteiger partial charge in [0.25, 0.3) is 0 Å². The van der Waals surface area contributed by atoms with Gasteiger partial charge in [-0.3, -0.25) is 0 Å². The minimum atomic E-state index is -1.70. The van der Waals surface area contributed by atoms with Crippen LogP contribution in [0, 0.1) is 0 Å². The van der Waals surface area contributed by atoms with E-state index in [1.165, 1.54) is 6.92 Å². The number of aliphatic hydroxyl groups is 5. The second-order valence-corrected chi connectivity index (χ2v) is 4.85. The lowest BCUT2D eigenvalue weighted by atomic mass is 9.94. The molecule has 7 unspecified atom stereocenters. The molecule has 1 heterocycles. The number of ether oxygens (including phenoxy) is 2. The lowest BCUT2D eigenvalue weighted by molar-refractivity contribution is -0.265. The summed E-state index contributed by atoms with van der Waals surface area (Å²) in [6.07, 6.45) is -8.07. The normalized spacial score (nSPS) is 40.7. The fraction of sp³-hybridized carbons (Fsp3) is 1.00. The molecular weight excluding hydrogens is 258 g/mol. The molecule has 0 aromatic heterocycles. The summed E-state index contributed by atoms with van der Waals surface area (Å²) in [4.78, 5) is 0. The summed E-state index contributed by atoms with van der Waals surface area (Å²) in [5.74, 6) is 0. The van der Waals surface area contributed by atoms with Gasteiger partial charge in [0.1, 0.15) is 24.4 Å². The summed E-state index contributed by atoms with van der Waals surface area (Å²) >= 11 is 0. The molecule has 7 N–H and O–H groups in total. The topological polar surface area (TPSA) is 146 Å². The predicted octanol–water partition coefficient (Wildman–Crippen LogP) is -3.10. The second-order valence-electron chi connectivity index (χ2n) is 4.85. The van der Waals surface area contributed by atoms with Gasteiger partial charge in [-0.1, -0.05) is 0 Å². The average Bonchev–Trinajstić information content (AvgIpc) is 2.37. The van der Waals surface area contributed by atoms with Crippen molar-refractivity contribution in [3.05, 3.63) is 0 Å². The van der Waals surface area contributed by atoms with Gasteiger partial charge in [-0.15, -0.1) is 0 Å². The largest absolute Gasteiger partial charge is 0.394 e. The number of rotatable bonds is 5. The van der Waals surface area contributed by atoms with Crippen LogP contribution in [0.3, 0.4) is 0 Å². The Bertz CT molecular complexity index is 278. The number of hydrogen-bond acceptors (Lipinski definition) is 8. The van der Waals surface area contributed by atoms with Crippen molar-refractivity contribution in [2.45, 2.75) is 62.8 Å². The highest BCUT2D eigenvalue weighted by molar-refractivity contribution is 4.94. The lowest BCUT2D eigenvalue weighted by Crippen LogP contribution is -2.63. The number of nitrogens with two attached hydrogens (primary N) is 1. The molecule has 114 valence electrons. The van der Waals surface area contributed by atoms with Crippen molar-refractivity contribution >= 4 is 0 Å². The van der Waals surface area contributed by atoms with Gasteiger partial charge in [0.05, 0.1) is 24.9 Å². The maximum atomic E-state index is 9.94. The monoisotopic (exact) mass is 281 g/mol. The number of hydrogen-bond donors (Lipinski definition) is 6. The smallest absolute Gasteiger partial charge is 0.183 e. The Labute approximate surface area is 111 Å². The zero-order valence-corrected chi connectivity index (χ0v) is 11.0. The van der Waals surface area contributed by atoms with Crippen LogP contribution >= 0.6 is 0 Å². The highest BCUT2D eigenvalue weighted by Gasteiger charge is 2.44. The molecule has 0 saturated carbocycles. The van der Waals surface area contributed by atoms with E-state index >= 15 is 0 Å². The first-order chi connectivity index (χ1) is 8.79. The molecular formula is C11H23NO7. The van der Waals surface area contributed by atoms with E-state index in [2.05, 4.69) is 0 Å². The highest BCUT2D eigenvalue weighted by Crippen LogP contribution is 2.23. The van der Waals surface area contributed by atoms with Crippen LogP contribution in [0.1, 0.15) is 13.8 Å². The van der Waals surface area contributed by atoms with Gasteiger partial charge in [-0.2, -0.15) is 0 Å². The standard InChI is InChI=1S/C11H23NO7/c1-4(14)8(15)11(17)19-10-7(12)5(2)18-6(3-13)9(10)16/h4-11,13-17H,3,12H2,1-2H3/t4?,5-,6?,7?,8?,9?,10?,11?/m0/s1. The summed E-state index contributed by atoms with van der Waals surface area (Å²) in [5, 5.41) is 47.3. The molecule has 1 aliphatic heterocycles. The van der Waals surface area contributed by atoms with Crippen molar-refractivity contribution in [3.8, 4) is 0 Å². The van der Waals surface area contributed by atoms with Crippen molar-refractivity contribution in [2.75, 3.05) is 6.61 Å². The Morgan fingerprint density at radius 2 is 1.89 bits per heavy atom. The summed E-state index contributed by atoms with van der Waals surface area (Å²) in [6.45, 7) is 2.51. The summed E-state index contributed by atoms with van der Waals surface area (Å²) in [5.41, 5.74) is 5.81. The van der Waals surface area contributed by atoms with Crippen LogP contribution < -0.4 is 5.73 Å². The molecule has 1 fully saturated rings. The van der Waals surface area contributed by atoms with Crippen molar-refractivity contribution in [3.63, 3.8) is 0 Å². The molecule has 19 heavy (non-hydrogen) atoms. The summed E-state index contributed by atoms with van der Waals surface area (Å²) < 4.78 is 10.4. The van der Waals surface area contributed by atoms with Crippen molar-refractivity contribution in [1.82, 2.24) is 0 Å².